The van der Waals surface area contributed by atoms with Crippen LogP contribution in [0.2, 0.25) is 10.0 Å². The van der Waals surface area contributed by atoms with E-state index in [9.17, 15) is 13.6 Å². The molecule has 1 atom stereocenters. The van der Waals surface area contributed by atoms with Crippen molar-refractivity contribution in [3.63, 3.8) is 0 Å². The molecule has 1 N–H and O–H groups in total. The molecule has 2 aromatic rings. The van der Waals surface area contributed by atoms with Crippen LogP contribution in [0.25, 0.3) is 0 Å². The van der Waals surface area contributed by atoms with E-state index in [2.05, 4.69) is 10.1 Å². The largest absolute Gasteiger partial charge is 0.481 e. The minimum Gasteiger partial charge on any atom is -0.481 e. The molecule has 0 spiro atoms. The van der Waals surface area contributed by atoms with Crippen LogP contribution in [0.15, 0.2) is 42.5 Å². The van der Waals surface area contributed by atoms with E-state index in [-0.39, 0.29) is 12.3 Å². The second-order valence-corrected chi connectivity index (χ2v) is 5.85. The predicted octanol–water partition coefficient (Wildman–Crippen LogP) is 4.68. The van der Waals surface area contributed by atoms with E-state index < -0.39 is 18.6 Å². The van der Waals surface area contributed by atoms with Gasteiger partial charge in [0.15, 0.2) is 6.10 Å². The highest BCUT2D eigenvalue weighted by atomic mass is 35.5. The number of alkyl halides is 2. The van der Waals surface area contributed by atoms with Crippen molar-refractivity contribution in [2.45, 2.75) is 26.2 Å². The first-order chi connectivity index (χ1) is 11.9. The van der Waals surface area contributed by atoms with Crippen LogP contribution in [-0.4, -0.2) is 18.6 Å². The van der Waals surface area contributed by atoms with E-state index in [4.69, 9.17) is 27.9 Å². The maximum absolute atomic E-state index is 12.4. The van der Waals surface area contributed by atoms with Gasteiger partial charge in [-0.3, -0.25) is 4.79 Å². The molecule has 1 unspecified atom stereocenters. The molecule has 0 aliphatic carbocycles. The van der Waals surface area contributed by atoms with E-state index in [1.807, 2.05) is 0 Å². The summed E-state index contributed by atoms with van der Waals surface area (Å²) < 4.78 is 34.7. The average Bonchev–Trinajstić information content (AvgIpc) is 2.56. The molecule has 25 heavy (non-hydrogen) atoms. The van der Waals surface area contributed by atoms with Crippen molar-refractivity contribution in [2.75, 3.05) is 0 Å². The summed E-state index contributed by atoms with van der Waals surface area (Å²) in [4.78, 5) is 12.1. The molecule has 0 saturated carbocycles. The first-order valence-corrected chi connectivity index (χ1v) is 8.04. The molecule has 2 rings (SSSR count). The first kappa shape index (κ1) is 19.3. The molecule has 1 amide bonds. The van der Waals surface area contributed by atoms with Crippen LogP contribution in [0.1, 0.15) is 12.5 Å². The highest BCUT2D eigenvalue weighted by molar-refractivity contribution is 6.42. The fraction of sp³-hybridized carbons (Fsp3) is 0.235. The van der Waals surface area contributed by atoms with Crippen molar-refractivity contribution >= 4 is 29.1 Å². The van der Waals surface area contributed by atoms with Gasteiger partial charge >= 0.3 is 6.61 Å². The zero-order valence-corrected chi connectivity index (χ0v) is 14.7. The minimum absolute atomic E-state index is 0.0101. The lowest BCUT2D eigenvalue weighted by molar-refractivity contribution is -0.127. The zero-order valence-electron chi connectivity index (χ0n) is 13.1. The summed E-state index contributed by atoms with van der Waals surface area (Å²) in [5, 5.41) is 3.30. The van der Waals surface area contributed by atoms with Gasteiger partial charge in [0, 0.05) is 18.2 Å². The van der Waals surface area contributed by atoms with Gasteiger partial charge in [0.05, 0.1) is 10.0 Å². The van der Waals surface area contributed by atoms with Gasteiger partial charge in [0.1, 0.15) is 11.5 Å². The average molecular weight is 390 g/mol. The van der Waals surface area contributed by atoms with E-state index in [1.54, 1.807) is 37.3 Å². The van der Waals surface area contributed by atoms with Gasteiger partial charge < -0.3 is 14.8 Å². The van der Waals surface area contributed by atoms with E-state index in [1.165, 1.54) is 12.1 Å². The third-order valence-corrected chi connectivity index (χ3v) is 3.95. The van der Waals surface area contributed by atoms with Crippen LogP contribution in [0.4, 0.5) is 8.78 Å². The quantitative estimate of drug-likeness (QED) is 0.747. The smallest absolute Gasteiger partial charge is 0.387 e. The Balaban J connectivity index is 1.94. The lowest BCUT2D eigenvalue weighted by Gasteiger charge is -2.16. The molecular formula is C17H15Cl2F2NO3. The summed E-state index contributed by atoms with van der Waals surface area (Å²) in [7, 11) is 0. The zero-order chi connectivity index (χ0) is 18.4. The van der Waals surface area contributed by atoms with Gasteiger partial charge in [0.25, 0.3) is 5.91 Å². The molecule has 0 aliphatic rings. The number of rotatable bonds is 7. The number of ether oxygens (including phenoxy) is 2. The molecule has 0 saturated heterocycles. The summed E-state index contributed by atoms with van der Waals surface area (Å²) in [5.41, 5.74) is 0.429. The maximum Gasteiger partial charge on any atom is 0.387 e. The molecule has 2 aromatic carbocycles. The number of halogens is 4. The topological polar surface area (TPSA) is 47.6 Å². The summed E-state index contributed by atoms with van der Waals surface area (Å²) in [6.07, 6.45) is -0.819. The van der Waals surface area contributed by atoms with Gasteiger partial charge in [-0.25, -0.2) is 0 Å². The molecule has 134 valence electrons. The first-order valence-electron chi connectivity index (χ1n) is 7.29. The van der Waals surface area contributed by atoms with E-state index in [0.717, 1.165) is 0 Å². The Kier molecular flexibility index (Phi) is 6.84. The maximum atomic E-state index is 12.4. The summed E-state index contributed by atoms with van der Waals surface area (Å²) in [6.45, 7) is -1.36. The number of hydrogen-bond acceptors (Lipinski definition) is 3. The van der Waals surface area contributed by atoms with E-state index in [0.29, 0.717) is 21.4 Å². The lowest BCUT2D eigenvalue weighted by Crippen LogP contribution is -2.36. The Bertz CT molecular complexity index is 744. The SMILES string of the molecule is CC(Oc1ccc(Cl)c(Cl)c1)C(=O)NCc1ccccc1OC(F)F. The van der Waals surface area contributed by atoms with Crippen LogP contribution in [-0.2, 0) is 11.3 Å². The number of carbonyl (C=O) groups is 1. The van der Waals surface area contributed by atoms with Gasteiger partial charge in [0.2, 0.25) is 0 Å². The van der Waals surface area contributed by atoms with Crippen LogP contribution < -0.4 is 14.8 Å². The summed E-state index contributed by atoms with van der Waals surface area (Å²) in [5.74, 6) is -0.0211. The van der Waals surface area contributed by atoms with Gasteiger partial charge in [-0.05, 0) is 25.1 Å². The molecule has 0 bridgehead atoms. The minimum atomic E-state index is -2.94. The molecule has 0 aliphatic heterocycles. The molecule has 4 nitrogen and oxygen atoms in total. The van der Waals surface area contributed by atoms with Gasteiger partial charge in [-0.15, -0.1) is 0 Å². The number of hydrogen-bond donors (Lipinski definition) is 1. The van der Waals surface area contributed by atoms with Crippen molar-refractivity contribution in [1.82, 2.24) is 5.32 Å². The van der Waals surface area contributed by atoms with Crippen molar-refractivity contribution < 1.29 is 23.0 Å². The summed E-state index contributed by atoms with van der Waals surface area (Å²) in [6, 6.07) is 10.9. The van der Waals surface area contributed by atoms with Crippen molar-refractivity contribution in [3.05, 3.63) is 58.1 Å². The third-order valence-electron chi connectivity index (χ3n) is 3.21. The second-order valence-electron chi connectivity index (χ2n) is 5.04. The Labute approximate surface area is 153 Å². The monoisotopic (exact) mass is 389 g/mol. The highest BCUT2D eigenvalue weighted by Gasteiger charge is 2.16. The Morgan fingerprint density at radius 1 is 1.12 bits per heavy atom. The van der Waals surface area contributed by atoms with Crippen LogP contribution in [0.5, 0.6) is 11.5 Å². The lowest BCUT2D eigenvalue weighted by atomic mass is 10.2. The number of benzene rings is 2. The fourth-order valence-electron chi connectivity index (χ4n) is 1.99. The number of nitrogens with one attached hydrogen (secondary N) is 1. The van der Waals surface area contributed by atoms with Crippen LogP contribution in [0.3, 0.4) is 0 Å². The fourth-order valence-corrected chi connectivity index (χ4v) is 2.28. The van der Waals surface area contributed by atoms with Crippen molar-refractivity contribution in [3.8, 4) is 11.5 Å². The normalized spacial score (nSPS) is 11.9. The van der Waals surface area contributed by atoms with E-state index >= 15 is 0 Å². The van der Waals surface area contributed by atoms with Crippen LogP contribution >= 0.6 is 23.2 Å². The third kappa shape index (κ3) is 5.76. The number of carbonyl (C=O) groups excluding carboxylic acids is 1. The molecule has 8 heteroatoms. The molecule has 0 heterocycles. The second kappa shape index (κ2) is 8.87. The van der Waals surface area contributed by atoms with Crippen molar-refractivity contribution in [1.29, 1.82) is 0 Å². The Hall–Kier alpha value is -2.05. The van der Waals surface area contributed by atoms with Crippen LogP contribution in [0, 0.1) is 0 Å². The van der Waals surface area contributed by atoms with Gasteiger partial charge in [-0.1, -0.05) is 41.4 Å². The Morgan fingerprint density at radius 2 is 1.84 bits per heavy atom. The predicted molar refractivity (Wildman–Crippen MR) is 91.5 cm³/mol. The molecule has 0 aromatic heterocycles. The van der Waals surface area contributed by atoms with Crippen molar-refractivity contribution in [2.24, 2.45) is 0 Å². The Morgan fingerprint density at radius 3 is 2.52 bits per heavy atom. The number of amides is 1. The highest BCUT2D eigenvalue weighted by Crippen LogP contribution is 2.27. The van der Waals surface area contributed by atoms with Gasteiger partial charge in [-0.2, -0.15) is 8.78 Å². The standard InChI is InChI=1S/C17H15Cl2F2NO3/c1-10(24-12-6-7-13(18)14(19)8-12)16(23)22-9-11-4-2-3-5-15(11)25-17(20)21/h2-8,10,17H,9H2,1H3,(H,22,23). The molecular weight excluding hydrogens is 375 g/mol. The molecule has 0 radical (unpaired) electrons. The summed E-state index contributed by atoms with van der Waals surface area (Å²) >= 11 is 11.7. The number of para-hydroxylation sites is 1. The molecule has 0 fully saturated rings.